The summed E-state index contributed by atoms with van der Waals surface area (Å²) in [7, 11) is 0. The lowest BCUT2D eigenvalue weighted by atomic mass is 9.71. The number of carbonyl (C=O) groups is 1. The Kier molecular flexibility index (Phi) is 3.18. The first kappa shape index (κ1) is 18.1. The van der Waals surface area contributed by atoms with Crippen LogP contribution in [0.25, 0.3) is 0 Å². The number of aliphatic carboxylic acids is 1. The lowest BCUT2D eigenvalue weighted by molar-refractivity contribution is -0.258. The molecule has 1 fully saturated rings. The maximum atomic E-state index is 14.5. The van der Waals surface area contributed by atoms with Crippen LogP contribution in [0.4, 0.5) is 26.3 Å². The van der Waals surface area contributed by atoms with Crippen molar-refractivity contribution in [3.8, 4) is 0 Å². The summed E-state index contributed by atoms with van der Waals surface area (Å²) < 4.78 is 83.5. The second-order valence-corrected chi connectivity index (χ2v) is 9.49. The molecule has 0 spiro atoms. The standard InChI is InChI=1S/C16H10F6O2S2/c1-12-6(3-4-25-12)9-10(15(19,20)16(21,22)14(9,17)18)7-5-8(11(23)24)26-13(7,12)2/h3-5H,1-2H3,(H,23,24). The van der Waals surface area contributed by atoms with Gasteiger partial charge in [0.05, 0.1) is 14.4 Å². The SMILES string of the molecule is CC12SC=CC1=C1C(=C3C=C(C(=O)O)SC32C)C(F)(F)C(F)(F)C1(F)F. The smallest absolute Gasteiger partial charge is 0.380 e. The van der Waals surface area contributed by atoms with E-state index in [4.69, 9.17) is 0 Å². The van der Waals surface area contributed by atoms with Gasteiger partial charge in [0.15, 0.2) is 0 Å². The Hall–Kier alpha value is -1.29. The average molecular weight is 412 g/mol. The van der Waals surface area contributed by atoms with Crippen LogP contribution in [-0.2, 0) is 4.79 Å². The van der Waals surface area contributed by atoms with E-state index in [-0.39, 0.29) is 10.5 Å². The van der Waals surface area contributed by atoms with Crippen molar-refractivity contribution in [1.29, 1.82) is 0 Å². The van der Waals surface area contributed by atoms with Crippen LogP contribution in [0.5, 0.6) is 0 Å². The lowest BCUT2D eigenvalue weighted by Gasteiger charge is -2.46. The Morgan fingerprint density at radius 2 is 1.50 bits per heavy atom. The number of carboxylic acid groups (broad SMARTS) is 1. The van der Waals surface area contributed by atoms with E-state index >= 15 is 0 Å². The highest BCUT2D eigenvalue weighted by Gasteiger charge is 2.84. The number of hydrogen-bond acceptors (Lipinski definition) is 3. The second kappa shape index (κ2) is 4.57. The van der Waals surface area contributed by atoms with Crippen LogP contribution in [0.1, 0.15) is 13.8 Å². The van der Waals surface area contributed by atoms with Crippen LogP contribution in [0, 0.1) is 0 Å². The molecule has 0 amide bonds. The molecule has 4 rings (SSSR count). The molecule has 140 valence electrons. The van der Waals surface area contributed by atoms with Crippen LogP contribution in [-0.4, -0.2) is 38.3 Å². The van der Waals surface area contributed by atoms with Gasteiger partial charge in [-0.2, -0.15) is 26.3 Å². The van der Waals surface area contributed by atoms with Gasteiger partial charge in [-0.15, -0.1) is 23.5 Å². The molecule has 10 heteroatoms. The zero-order chi connectivity index (χ0) is 19.5. The molecule has 0 aromatic heterocycles. The van der Waals surface area contributed by atoms with Crippen molar-refractivity contribution in [3.63, 3.8) is 0 Å². The fourth-order valence-electron chi connectivity index (χ4n) is 3.93. The molecule has 0 aromatic rings. The molecule has 0 bridgehead atoms. The molecule has 2 heterocycles. The molecule has 2 nitrogen and oxygen atoms in total. The van der Waals surface area contributed by atoms with Gasteiger partial charge >= 0.3 is 23.7 Å². The van der Waals surface area contributed by atoms with Crippen molar-refractivity contribution in [2.45, 2.75) is 41.1 Å². The van der Waals surface area contributed by atoms with Crippen LogP contribution in [0.3, 0.4) is 0 Å². The first-order chi connectivity index (χ1) is 11.7. The first-order valence-electron chi connectivity index (χ1n) is 7.36. The third-order valence-electron chi connectivity index (χ3n) is 5.48. The molecular weight excluding hydrogens is 402 g/mol. The van der Waals surface area contributed by atoms with Gasteiger partial charge in [-0.25, -0.2) is 4.79 Å². The lowest BCUT2D eigenvalue weighted by Crippen LogP contribution is -2.48. The van der Waals surface area contributed by atoms with Gasteiger partial charge in [-0.05, 0) is 36.5 Å². The Morgan fingerprint density at radius 1 is 0.962 bits per heavy atom. The molecule has 2 atom stereocenters. The van der Waals surface area contributed by atoms with Gasteiger partial charge in [0.2, 0.25) is 0 Å². The van der Waals surface area contributed by atoms with Crippen molar-refractivity contribution in [2.24, 2.45) is 0 Å². The summed E-state index contributed by atoms with van der Waals surface area (Å²) in [4.78, 5) is 11.0. The average Bonchev–Trinajstić information content (AvgIpc) is 3.09. The van der Waals surface area contributed by atoms with E-state index in [1.165, 1.54) is 19.3 Å². The van der Waals surface area contributed by atoms with E-state index in [2.05, 4.69) is 0 Å². The number of allylic oxidation sites excluding steroid dienone is 4. The molecule has 2 unspecified atom stereocenters. The van der Waals surface area contributed by atoms with Crippen molar-refractivity contribution >= 4 is 29.5 Å². The molecule has 0 radical (unpaired) electrons. The predicted octanol–water partition coefficient (Wildman–Crippen LogP) is 5.01. The number of thioether (sulfide) groups is 2. The largest absolute Gasteiger partial charge is 0.477 e. The summed E-state index contributed by atoms with van der Waals surface area (Å²) in [6, 6.07) is 0. The zero-order valence-corrected chi connectivity index (χ0v) is 14.8. The van der Waals surface area contributed by atoms with Gasteiger partial charge in [0, 0.05) is 11.1 Å². The third kappa shape index (κ3) is 1.60. The number of hydrogen-bond donors (Lipinski definition) is 1. The fraction of sp³-hybridized carbons (Fsp3) is 0.438. The van der Waals surface area contributed by atoms with Gasteiger partial charge in [-0.1, -0.05) is 6.08 Å². The molecule has 1 N–H and O–H groups in total. The number of alkyl halides is 6. The zero-order valence-electron chi connectivity index (χ0n) is 13.2. The fourth-order valence-corrected chi connectivity index (χ4v) is 6.59. The molecule has 2 aliphatic carbocycles. The van der Waals surface area contributed by atoms with Crippen LogP contribution >= 0.6 is 23.5 Å². The summed E-state index contributed by atoms with van der Waals surface area (Å²) >= 11 is 1.74. The van der Waals surface area contributed by atoms with E-state index in [9.17, 15) is 36.2 Å². The third-order valence-corrected chi connectivity index (χ3v) is 8.53. The summed E-state index contributed by atoms with van der Waals surface area (Å²) in [6.07, 6.45) is 1.97. The predicted molar refractivity (Wildman–Crippen MR) is 85.7 cm³/mol. The molecular formula is C16H10F6O2S2. The summed E-state index contributed by atoms with van der Waals surface area (Å²) in [6.45, 7) is 2.90. The second-order valence-electron chi connectivity index (χ2n) is 6.70. The molecule has 26 heavy (non-hydrogen) atoms. The minimum Gasteiger partial charge on any atom is -0.477 e. The van der Waals surface area contributed by atoms with E-state index in [0.29, 0.717) is 11.8 Å². The van der Waals surface area contributed by atoms with E-state index in [1.54, 1.807) is 0 Å². The van der Waals surface area contributed by atoms with E-state index in [1.807, 2.05) is 0 Å². The maximum Gasteiger partial charge on any atom is 0.380 e. The molecule has 1 saturated carbocycles. The van der Waals surface area contributed by atoms with Gasteiger partial charge in [-0.3, -0.25) is 0 Å². The normalized spacial score (nSPS) is 38.2. The minimum absolute atomic E-state index is 0.307. The molecule has 0 saturated heterocycles. The summed E-state index contributed by atoms with van der Waals surface area (Å²) in [5, 5.41) is 10.6. The number of rotatable bonds is 1. The van der Waals surface area contributed by atoms with Gasteiger partial charge < -0.3 is 5.11 Å². The maximum absolute atomic E-state index is 14.5. The highest BCUT2D eigenvalue weighted by Crippen LogP contribution is 2.73. The summed E-state index contributed by atoms with van der Waals surface area (Å²) in [5.41, 5.74) is -3.61. The Labute approximate surface area is 152 Å². The Bertz CT molecular complexity index is 900. The highest BCUT2D eigenvalue weighted by molar-refractivity contribution is 8.09. The quantitative estimate of drug-likeness (QED) is 0.615. The first-order valence-corrected chi connectivity index (χ1v) is 9.06. The van der Waals surface area contributed by atoms with Gasteiger partial charge in [0.1, 0.15) is 0 Å². The van der Waals surface area contributed by atoms with Crippen molar-refractivity contribution in [3.05, 3.63) is 44.8 Å². The molecule has 2 aliphatic heterocycles. The van der Waals surface area contributed by atoms with Crippen molar-refractivity contribution in [1.82, 2.24) is 0 Å². The van der Waals surface area contributed by atoms with E-state index in [0.717, 1.165) is 23.9 Å². The van der Waals surface area contributed by atoms with Crippen LogP contribution in [0.15, 0.2) is 44.8 Å². The minimum atomic E-state index is -5.61. The van der Waals surface area contributed by atoms with Crippen molar-refractivity contribution < 1.29 is 36.2 Å². The number of halogens is 6. The molecule has 0 aromatic carbocycles. The van der Waals surface area contributed by atoms with Crippen molar-refractivity contribution in [2.75, 3.05) is 0 Å². The Balaban J connectivity index is 2.17. The highest BCUT2D eigenvalue weighted by atomic mass is 32.2. The molecule has 4 aliphatic rings. The van der Waals surface area contributed by atoms with Gasteiger partial charge in [0.25, 0.3) is 0 Å². The topological polar surface area (TPSA) is 37.3 Å². The van der Waals surface area contributed by atoms with Crippen LogP contribution in [0.2, 0.25) is 0 Å². The van der Waals surface area contributed by atoms with Crippen LogP contribution < -0.4 is 0 Å². The number of carboxylic acids is 1. The van der Waals surface area contributed by atoms with E-state index < -0.39 is 50.0 Å². The summed E-state index contributed by atoms with van der Waals surface area (Å²) in [5.74, 6) is -17.2. The Morgan fingerprint density at radius 3 is 2.04 bits per heavy atom. The number of fused-ring (bicyclic) bond motifs is 4. The monoisotopic (exact) mass is 412 g/mol.